The normalized spacial score (nSPS) is 12.1. The summed E-state index contributed by atoms with van der Waals surface area (Å²) in [6.07, 6.45) is 1.96. The lowest BCUT2D eigenvalue weighted by Gasteiger charge is -2.19. The molecule has 3 heteroatoms. The maximum atomic E-state index is 13.4. The van der Waals surface area contributed by atoms with Crippen LogP contribution in [0.15, 0.2) is 60.8 Å². The number of aromatic nitrogens is 1. The van der Waals surface area contributed by atoms with Crippen LogP contribution in [0.4, 0.5) is 5.69 Å². The summed E-state index contributed by atoms with van der Waals surface area (Å²) in [5.41, 5.74) is 11.4. The topological polar surface area (TPSA) is 48.0 Å². The summed E-state index contributed by atoms with van der Waals surface area (Å²) in [5, 5.41) is 0. The fourth-order valence-electron chi connectivity index (χ4n) is 3.21. The van der Waals surface area contributed by atoms with Gasteiger partial charge >= 0.3 is 0 Å². The number of hydrogen-bond acceptors (Lipinski definition) is 2. The van der Waals surface area contributed by atoms with Crippen LogP contribution in [0.25, 0.3) is 0 Å². The predicted octanol–water partition coefficient (Wildman–Crippen LogP) is 4.24. The minimum absolute atomic E-state index is 0.0971. The van der Waals surface area contributed by atoms with Gasteiger partial charge in [-0.2, -0.15) is 0 Å². The highest BCUT2D eigenvalue weighted by Crippen LogP contribution is 2.31. The van der Waals surface area contributed by atoms with Crippen molar-refractivity contribution in [1.82, 2.24) is 4.57 Å². The summed E-state index contributed by atoms with van der Waals surface area (Å²) < 4.78 is 2.00. The molecule has 0 aliphatic rings. The molecule has 0 radical (unpaired) electrons. The van der Waals surface area contributed by atoms with Crippen LogP contribution in [-0.4, -0.2) is 10.4 Å². The predicted molar refractivity (Wildman–Crippen MR) is 98.4 cm³/mol. The number of hydrogen-bond donors (Lipinski definition) is 1. The number of anilines is 1. The molecule has 0 aliphatic carbocycles. The monoisotopic (exact) mass is 318 g/mol. The summed E-state index contributed by atoms with van der Waals surface area (Å²) in [4.78, 5) is 13.4. The molecule has 0 fully saturated rings. The second kappa shape index (κ2) is 6.36. The number of nitrogens with zero attached hydrogens (tertiary/aromatic N) is 1. The number of nitrogen functional groups attached to an aromatic ring is 1. The molecule has 0 bridgehead atoms. The Bertz CT molecular complexity index is 892. The Hall–Kier alpha value is -2.81. The van der Waals surface area contributed by atoms with Crippen molar-refractivity contribution in [1.29, 1.82) is 0 Å². The van der Waals surface area contributed by atoms with E-state index >= 15 is 0 Å². The molecule has 2 aromatic carbocycles. The first kappa shape index (κ1) is 16.1. The van der Waals surface area contributed by atoms with Crippen molar-refractivity contribution in [3.63, 3.8) is 0 Å². The van der Waals surface area contributed by atoms with Crippen molar-refractivity contribution in [3.05, 3.63) is 88.7 Å². The third-order valence-electron chi connectivity index (χ3n) is 4.43. The maximum absolute atomic E-state index is 13.4. The van der Waals surface area contributed by atoms with Gasteiger partial charge in [0.15, 0.2) is 5.78 Å². The fraction of sp³-hybridized carbons (Fsp3) is 0.190. The van der Waals surface area contributed by atoms with Crippen molar-refractivity contribution in [3.8, 4) is 0 Å². The van der Waals surface area contributed by atoms with Crippen LogP contribution in [0.5, 0.6) is 0 Å². The van der Waals surface area contributed by atoms with Crippen molar-refractivity contribution in [2.45, 2.75) is 19.8 Å². The van der Waals surface area contributed by atoms with E-state index in [-0.39, 0.29) is 11.7 Å². The Morgan fingerprint density at radius 3 is 2.46 bits per heavy atom. The van der Waals surface area contributed by atoms with Crippen molar-refractivity contribution < 1.29 is 4.79 Å². The van der Waals surface area contributed by atoms with Gasteiger partial charge in [-0.3, -0.25) is 4.79 Å². The molecular formula is C21H22N2O. The lowest BCUT2D eigenvalue weighted by molar-refractivity contribution is 0.0971. The Balaban J connectivity index is 2.14. The SMILES string of the molecule is Cc1ccc(C(=O)C(c2cccc(N)c2)c2cccn2C)c(C)c1. The lowest BCUT2D eigenvalue weighted by Crippen LogP contribution is -2.18. The molecule has 3 aromatic rings. The number of aryl methyl sites for hydroxylation is 3. The molecule has 0 aliphatic heterocycles. The molecule has 0 spiro atoms. The van der Waals surface area contributed by atoms with Gasteiger partial charge in [0.25, 0.3) is 0 Å². The zero-order valence-corrected chi connectivity index (χ0v) is 14.3. The van der Waals surface area contributed by atoms with E-state index < -0.39 is 0 Å². The Morgan fingerprint density at radius 1 is 1.04 bits per heavy atom. The quantitative estimate of drug-likeness (QED) is 0.578. The standard InChI is InChI=1S/C21H22N2O/c1-14-9-10-18(15(2)12-14)21(24)20(19-8-5-11-23(19)3)16-6-4-7-17(22)13-16/h4-13,20H,22H2,1-3H3. The van der Waals surface area contributed by atoms with Crippen LogP contribution in [-0.2, 0) is 7.05 Å². The minimum atomic E-state index is -0.366. The van der Waals surface area contributed by atoms with E-state index in [1.807, 2.05) is 80.2 Å². The van der Waals surface area contributed by atoms with Gasteiger partial charge in [0.05, 0.1) is 5.92 Å². The molecule has 3 nitrogen and oxygen atoms in total. The zero-order chi connectivity index (χ0) is 17.3. The summed E-state index contributed by atoms with van der Waals surface area (Å²) in [6, 6.07) is 17.5. The summed E-state index contributed by atoms with van der Waals surface area (Å²) in [7, 11) is 1.96. The van der Waals surface area contributed by atoms with Gasteiger partial charge in [-0.1, -0.05) is 35.9 Å². The van der Waals surface area contributed by atoms with E-state index in [0.29, 0.717) is 5.69 Å². The molecule has 24 heavy (non-hydrogen) atoms. The summed E-state index contributed by atoms with van der Waals surface area (Å²) >= 11 is 0. The molecule has 2 N–H and O–H groups in total. The molecule has 1 heterocycles. The van der Waals surface area contributed by atoms with E-state index in [0.717, 1.165) is 27.9 Å². The first-order valence-electron chi connectivity index (χ1n) is 8.05. The van der Waals surface area contributed by atoms with E-state index in [9.17, 15) is 4.79 Å². The van der Waals surface area contributed by atoms with Crippen molar-refractivity contribution in [2.75, 3.05) is 5.73 Å². The third kappa shape index (κ3) is 2.98. The third-order valence-corrected chi connectivity index (χ3v) is 4.43. The second-order valence-corrected chi connectivity index (χ2v) is 6.33. The molecule has 1 unspecified atom stereocenters. The van der Waals surface area contributed by atoms with Gasteiger partial charge in [-0.15, -0.1) is 0 Å². The highest BCUT2D eigenvalue weighted by atomic mass is 16.1. The van der Waals surface area contributed by atoms with Gasteiger partial charge in [0.2, 0.25) is 0 Å². The van der Waals surface area contributed by atoms with Gasteiger partial charge in [-0.05, 0) is 49.2 Å². The lowest BCUT2D eigenvalue weighted by atomic mass is 9.86. The zero-order valence-electron chi connectivity index (χ0n) is 14.3. The van der Waals surface area contributed by atoms with Crippen LogP contribution in [0, 0.1) is 13.8 Å². The molecule has 0 saturated heterocycles. The highest BCUT2D eigenvalue weighted by molar-refractivity contribution is 6.04. The average molecular weight is 318 g/mol. The van der Waals surface area contributed by atoms with Crippen molar-refractivity contribution >= 4 is 11.5 Å². The Kier molecular flexibility index (Phi) is 4.26. The van der Waals surface area contributed by atoms with E-state index in [1.165, 1.54) is 0 Å². The van der Waals surface area contributed by atoms with Crippen LogP contribution < -0.4 is 5.73 Å². The largest absolute Gasteiger partial charge is 0.399 e. The first-order chi connectivity index (χ1) is 11.5. The smallest absolute Gasteiger partial charge is 0.176 e. The number of carbonyl (C=O) groups is 1. The number of nitrogens with two attached hydrogens (primary N) is 1. The number of benzene rings is 2. The number of rotatable bonds is 4. The van der Waals surface area contributed by atoms with E-state index in [2.05, 4.69) is 6.07 Å². The number of Topliss-reactive ketones (excluding diaryl/α,β-unsaturated/α-hetero) is 1. The maximum Gasteiger partial charge on any atom is 0.176 e. The second-order valence-electron chi connectivity index (χ2n) is 6.33. The average Bonchev–Trinajstić information content (AvgIpc) is 2.93. The molecule has 1 aromatic heterocycles. The molecular weight excluding hydrogens is 296 g/mol. The minimum Gasteiger partial charge on any atom is -0.399 e. The highest BCUT2D eigenvalue weighted by Gasteiger charge is 2.27. The summed E-state index contributed by atoms with van der Waals surface area (Å²) in [6.45, 7) is 4.02. The van der Waals surface area contributed by atoms with E-state index in [1.54, 1.807) is 0 Å². The van der Waals surface area contributed by atoms with Crippen LogP contribution >= 0.6 is 0 Å². The van der Waals surface area contributed by atoms with Crippen LogP contribution in [0.1, 0.15) is 38.7 Å². The first-order valence-corrected chi connectivity index (χ1v) is 8.05. The molecule has 1 atom stereocenters. The number of ketones is 1. The van der Waals surface area contributed by atoms with Gasteiger partial charge in [0.1, 0.15) is 0 Å². The van der Waals surface area contributed by atoms with Crippen LogP contribution in [0.3, 0.4) is 0 Å². The van der Waals surface area contributed by atoms with Crippen molar-refractivity contribution in [2.24, 2.45) is 7.05 Å². The van der Waals surface area contributed by atoms with Gasteiger partial charge < -0.3 is 10.3 Å². The fourth-order valence-corrected chi connectivity index (χ4v) is 3.21. The van der Waals surface area contributed by atoms with E-state index in [4.69, 9.17) is 5.73 Å². The summed E-state index contributed by atoms with van der Waals surface area (Å²) in [5.74, 6) is -0.269. The Morgan fingerprint density at radius 2 is 1.83 bits per heavy atom. The Labute approximate surface area is 142 Å². The molecule has 3 rings (SSSR count). The van der Waals surface area contributed by atoms with Crippen LogP contribution in [0.2, 0.25) is 0 Å². The molecule has 0 amide bonds. The van der Waals surface area contributed by atoms with Gasteiger partial charge in [-0.25, -0.2) is 0 Å². The number of carbonyl (C=O) groups excluding carboxylic acids is 1. The van der Waals surface area contributed by atoms with Gasteiger partial charge in [0, 0.05) is 30.2 Å². The molecule has 0 saturated carbocycles. The molecule has 122 valence electrons.